The van der Waals surface area contributed by atoms with Crippen LogP contribution in [0.3, 0.4) is 0 Å². The minimum Gasteiger partial charge on any atom is -0.330 e. The van der Waals surface area contributed by atoms with Gasteiger partial charge in [0.25, 0.3) is 0 Å². The number of unbranched alkanes of at least 4 members (excludes halogenated alkanes) is 1. The molecule has 0 aliphatic heterocycles. The monoisotopic (exact) mass is 288 g/mol. The molecule has 0 aliphatic carbocycles. The third-order valence-electron chi connectivity index (χ3n) is 2.75. The number of aromatic nitrogens is 3. The van der Waals surface area contributed by atoms with Crippen LogP contribution < -0.4 is 5.73 Å². The van der Waals surface area contributed by atoms with Crippen LogP contribution in [-0.4, -0.2) is 21.5 Å². The molecule has 2 N–H and O–H groups in total. The lowest BCUT2D eigenvalue weighted by molar-refractivity contribution is 0.443. The van der Waals surface area contributed by atoms with E-state index in [-0.39, 0.29) is 6.07 Å². The van der Waals surface area contributed by atoms with Gasteiger partial charge < -0.3 is 5.73 Å². The van der Waals surface area contributed by atoms with E-state index in [0.29, 0.717) is 23.3 Å². The third kappa shape index (κ3) is 2.79. The summed E-state index contributed by atoms with van der Waals surface area (Å²) in [5.41, 5.74) is 4.88. The van der Waals surface area contributed by atoms with Crippen molar-refractivity contribution >= 4 is 0 Å². The van der Waals surface area contributed by atoms with Crippen molar-refractivity contribution in [3.8, 4) is 5.69 Å². The first-order valence-electron chi connectivity index (χ1n) is 5.99. The minimum absolute atomic E-state index is 0.146. The molecular weight excluding hydrogens is 276 g/mol. The maximum atomic E-state index is 13.6. The Morgan fingerprint density at radius 1 is 1.05 bits per heavy atom. The average molecular weight is 288 g/mol. The molecule has 0 aliphatic rings. The molecule has 0 saturated carbocycles. The highest BCUT2D eigenvalue weighted by Gasteiger charge is 2.21. The van der Waals surface area contributed by atoms with Crippen molar-refractivity contribution < 1.29 is 17.6 Å². The third-order valence-corrected chi connectivity index (χ3v) is 2.75. The molecule has 0 unspecified atom stereocenters. The summed E-state index contributed by atoms with van der Waals surface area (Å²) in [6.07, 6.45) is 3.25. The number of nitrogens with zero attached hydrogens (tertiary/aromatic N) is 3. The average Bonchev–Trinajstić information content (AvgIpc) is 2.86. The highest BCUT2D eigenvalue weighted by atomic mass is 19.2. The van der Waals surface area contributed by atoms with Gasteiger partial charge in [0, 0.05) is 6.07 Å². The van der Waals surface area contributed by atoms with Gasteiger partial charge in [0.05, 0.1) is 11.9 Å². The second-order valence-electron chi connectivity index (χ2n) is 4.22. The van der Waals surface area contributed by atoms with Crippen molar-refractivity contribution in [3.05, 3.63) is 41.2 Å². The molecule has 0 amide bonds. The van der Waals surface area contributed by atoms with Crippen molar-refractivity contribution in [2.24, 2.45) is 5.73 Å². The summed E-state index contributed by atoms with van der Waals surface area (Å²) in [6, 6.07) is 0.146. The van der Waals surface area contributed by atoms with Gasteiger partial charge in [-0.3, -0.25) is 0 Å². The van der Waals surface area contributed by atoms with Crippen LogP contribution in [0.15, 0.2) is 12.3 Å². The smallest absolute Gasteiger partial charge is 0.187 e. The molecule has 1 heterocycles. The molecule has 2 aromatic rings. The Hall–Kier alpha value is -1.96. The van der Waals surface area contributed by atoms with Crippen LogP contribution >= 0.6 is 0 Å². The fraction of sp³-hybridized carbons (Fsp3) is 0.333. The molecule has 0 bridgehead atoms. The molecule has 1 aromatic heterocycles. The molecule has 108 valence electrons. The van der Waals surface area contributed by atoms with E-state index in [1.165, 1.54) is 6.20 Å². The maximum Gasteiger partial charge on any atom is 0.187 e. The fourth-order valence-corrected chi connectivity index (χ4v) is 1.73. The fourth-order valence-electron chi connectivity index (χ4n) is 1.73. The van der Waals surface area contributed by atoms with Crippen molar-refractivity contribution in [1.82, 2.24) is 15.0 Å². The van der Waals surface area contributed by atoms with Gasteiger partial charge in [-0.2, -0.15) is 0 Å². The van der Waals surface area contributed by atoms with Crippen molar-refractivity contribution in [2.45, 2.75) is 19.3 Å². The summed E-state index contributed by atoms with van der Waals surface area (Å²) in [6.45, 7) is 0.520. The maximum absolute atomic E-state index is 13.6. The number of benzene rings is 1. The van der Waals surface area contributed by atoms with Crippen LogP contribution in [0.4, 0.5) is 17.6 Å². The second kappa shape index (κ2) is 6.00. The first-order chi connectivity index (χ1) is 9.54. The van der Waals surface area contributed by atoms with Crippen LogP contribution in [0.1, 0.15) is 18.5 Å². The van der Waals surface area contributed by atoms with E-state index in [4.69, 9.17) is 5.73 Å². The van der Waals surface area contributed by atoms with E-state index in [0.717, 1.165) is 12.8 Å². The van der Waals surface area contributed by atoms with Crippen LogP contribution in [0.25, 0.3) is 5.69 Å². The number of nitrogens with two attached hydrogens (primary N) is 1. The van der Waals surface area contributed by atoms with Gasteiger partial charge in [-0.25, -0.2) is 22.2 Å². The first-order valence-corrected chi connectivity index (χ1v) is 5.99. The number of aryl methyl sites for hydroxylation is 1. The predicted octanol–water partition coefficient (Wildman–Crippen LogP) is 2.11. The molecule has 8 heteroatoms. The number of rotatable bonds is 5. The lowest BCUT2D eigenvalue weighted by Crippen LogP contribution is -2.07. The number of halogens is 4. The molecule has 0 saturated heterocycles. The largest absolute Gasteiger partial charge is 0.330 e. The zero-order valence-electron chi connectivity index (χ0n) is 10.4. The predicted molar refractivity (Wildman–Crippen MR) is 63.2 cm³/mol. The summed E-state index contributed by atoms with van der Waals surface area (Å²) in [5, 5.41) is 7.19. The van der Waals surface area contributed by atoms with E-state index in [2.05, 4.69) is 10.3 Å². The van der Waals surface area contributed by atoms with Crippen LogP contribution in [0.2, 0.25) is 0 Å². The molecule has 0 radical (unpaired) electrons. The Balaban J connectivity index is 2.33. The summed E-state index contributed by atoms with van der Waals surface area (Å²) in [5.74, 6) is -6.00. The molecule has 2 rings (SSSR count). The highest BCUT2D eigenvalue weighted by molar-refractivity contribution is 5.36. The normalized spacial score (nSPS) is 11.1. The van der Waals surface area contributed by atoms with Crippen LogP contribution in [-0.2, 0) is 6.42 Å². The Kier molecular flexibility index (Phi) is 4.33. The van der Waals surface area contributed by atoms with Crippen molar-refractivity contribution in [2.75, 3.05) is 6.54 Å². The van der Waals surface area contributed by atoms with Gasteiger partial charge >= 0.3 is 0 Å². The summed E-state index contributed by atoms with van der Waals surface area (Å²) >= 11 is 0. The lowest BCUT2D eigenvalue weighted by atomic mass is 10.2. The minimum atomic E-state index is -1.51. The zero-order chi connectivity index (χ0) is 14.7. The van der Waals surface area contributed by atoms with Gasteiger partial charge in [0.15, 0.2) is 23.3 Å². The highest BCUT2D eigenvalue weighted by Crippen LogP contribution is 2.22. The van der Waals surface area contributed by atoms with Crippen LogP contribution in [0, 0.1) is 23.3 Å². The van der Waals surface area contributed by atoms with Gasteiger partial charge in [-0.15, -0.1) is 5.10 Å². The topological polar surface area (TPSA) is 56.7 Å². The molecule has 0 fully saturated rings. The molecule has 0 spiro atoms. The molecule has 1 aromatic carbocycles. The first kappa shape index (κ1) is 14.4. The standard InChI is InChI=1S/C12H12F4N4/c13-8-5-9(14)11(16)12(10(8)15)20-6-7(18-19-20)3-1-2-4-17/h5-6H,1-4,17H2. The van der Waals surface area contributed by atoms with Gasteiger partial charge in [0.2, 0.25) is 0 Å². The summed E-state index contributed by atoms with van der Waals surface area (Å²) in [7, 11) is 0. The quantitative estimate of drug-likeness (QED) is 0.521. The Morgan fingerprint density at radius 3 is 2.30 bits per heavy atom. The van der Waals surface area contributed by atoms with Crippen molar-refractivity contribution in [3.63, 3.8) is 0 Å². The van der Waals surface area contributed by atoms with Crippen molar-refractivity contribution in [1.29, 1.82) is 0 Å². The molecular formula is C12H12F4N4. The molecule has 0 atom stereocenters. The lowest BCUT2D eigenvalue weighted by Gasteiger charge is -2.05. The number of hydrogen-bond donors (Lipinski definition) is 1. The van der Waals surface area contributed by atoms with E-state index in [9.17, 15) is 17.6 Å². The number of hydrogen-bond acceptors (Lipinski definition) is 3. The van der Waals surface area contributed by atoms with E-state index >= 15 is 0 Å². The Labute approximate surface area is 112 Å². The summed E-state index contributed by atoms with van der Waals surface area (Å²) < 4.78 is 54.0. The molecule has 20 heavy (non-hydrogen) atoms. The van der Waals surface area contributed by atoms with E-state index in [1.54, 1.807) is 0 Å². The van der Waals surface area contributed by atoms with Gasteiger partial charge in [-0.05, 0) is 25.8 Å². The van der Waals surface area contributed by atoms with E-state index in [1.807, 2.05) is 0 Å². The van der Waals surface area contributed by atoms with Gasteiger partial charge in [-0.1, -0.05) is 5.21 Å². The summed E-state index contributed by atoms with van der Waals surface area (Å²) in [4.78, 5) is 0. The molecule has 4 nitrogen and oxygen atoms in total. The SMILES string of the molecule is NCCCCc1cn(-c2c(F)c(F)cc(F)c2F)nn1. The second-order valence-corrected chi connectivity index (χ2v) is 4.22. The van der Waals surface area contributed by atoms with Crippen LogP contribution in [0.5, 0.6) is 0 Å². The van der Waals surface area contributed by atoms with Gasteiger partial charge in [0.1, 0.15) is 5.69 Å². The Morgan fingerprint density at radius 2 is 1.70 bits per heavy atom. The zero-order valence-corrected chi connectivity index (χ0v) is 10.4. The Bertz CT molecular complexity index is 585. The van der Waals surface area contributed by atoms with E-state index < -0.39 is 29.0 Å².